The predicted octanol–water partition coefficient (Wildman–Crippen LogP) is 3.34. The molecule has 1 saturated carbocycles. The Morgan fingerprint density at radius 3 is 2.48 bits per heavy atom. The van der Waals surface area contributed by atoms with Gasteiger partial charge >= 0.3 is 0 Å². The molecule has 2 fully saturated rings. The van der Waals surface area contributed by atoms with E-state index in [4.69, 9.17) is 4.74 Å². The molecule has 2 heterocycles. The second-order valence-corrected chi connectivity index (χ2v) is 7.89. The van der Waals surface area contributed by atoms with Crippen LogP contribution in [0.25, 0.3) is 0 Å². The van der Waals surface area contributed by atoms with Crippen LogP contribution in [0.1, 0.15) is 62.5 Å². The number of methoxy groups -OCH3 is 1. The number of para-hydroxylation sites is 1. The van der Waals surface area contributed by atoms with E-state index in [2.05, 4.69) is 49.1 Å². The zero-order valence-corrected chi connectivity index (χ0v) is 18.4. The van der Waals surface area contributed by atoms with Gasteiger partial charge in [-0.15, -0.1) is 17.5 Å². The van der Waals surface area contributed by atoms with Crippen molar-refractivity contribution < 1.29 is 4.74 Å². The summed E-state index contributed by atoms with van der Waals surface area (Å²) in [5.41, 5.74) is 1.15. The summed E-state index contributed by atoms with van der Waals surface area (Å²) in [6.45, 7) is 7.51. The van der Waals surface area contributed by atoms with E-state index >= 15 is 0 Å². The Balaban J connectivity index is 0.00000240. The number of rotatable bonds is 6. The maximum Gasteiger partial charge on any atom is 0.173 e. The number of nitrogens with zero attached hydrogens (tertiary/aromatic N) is 6. The van der Waals surface area contributed by atoms with Gasteiger partial charge in [0, 0.05) is 31.7 Å². The fourth-order valence-corrected chi connectivity index (χ4v) is 4.70. The lowest BCUT2D eigenvalue weighted by atomic mass is 9.95. The summed E-state index contributed by atoms with van der Waals surface area (Å²) in [5, 5.41) is 13.1. The number of ether oxygens (including phenoxy) is 1. The van der Waals surface area contributed by atoms with Crippen LogP contribution in [-0.2, 0) is 0 Å². The minimum atomic E-state index is 0. The van der Waals surface area contributed by atoms with Crippen molar-refractivity contribution in [3.63, 3.8) is 0 Å². The number of piperazine rings is 1. The van der Waals surface area contributed by atoms with Crippen molar-refractivity contribution >= 4 is 12.4 Å². The van der Waals surface area contributed by atoms with Crippen molar-refractivity contribution in [2.45, 2.75) is 51.1 Å². The van der Waals surface area contributed by atoms with E-state index in [1.165, 1.54) is 32.1 Å². The number of halogens is 1. The van der Waals surface area contributed by atoms with Crippen molar-refractivity contribution in [2.75, 3.05) is 39.8 Å². The van der Waals surface area contributed by atoms with Crippen LogP contribution in [0.15, 0.2) is 24.3 Å². The Kier molecular flexibility index (Phi) is 7.86. The summed E-state index contributed by atoms with van der Waals surface area (Å²) in [4.78, 5) is 5.02. The van der Waals surface area contributed by atoms with Crippen LogP contribution in [0.3, 0.4) is 0 Å². The van der Waals surface area contributed by atoms with Gasteiger partial charge in [-0.2, -0.15) is 0 Å². The van der Waals surface area contributed by atoms with E-state index in [-0.39, 0.29) is 18.4 Å². The molecular weight excluding hydrogens is 388 g/mol. The molecule has 1 unspecified atom stereocenters. The number of tetrazole rings is 1. The van der Waals surface area contributed by atoms with Crippen molar-refractivity contribution in [1.82, 2.24) is 30.0 Å². The van der Waals surface area contributed by atoms with Crippen molar-refractivity contribution in [1.29, 1.82) is 0 Å². The van der Waals surface area contributed by atoms with Gasteiger partial charge in [0.1, 0.15) is 11.8 Å². The quantitative estimate of drug-likeness (QED) is 0.714. The molecule has 1 aromatic heterocycles. The van der Waals surface area contributed by atoms with Crippen LogP contribution in [-0.4, -0.2) is 69.8 Å². The molecule has 1 saturated heterocycles. The van der Waals surface area contributed by atoms with E-state index in [9.17, 15) is 0 Å². The van der Waals surface area contributed by atoms with E-state index in [1.54, 1.807) is 7.11 Å². The average molecular weight is 421 g/mol. The van der Waals surface area contributed by atoms with Gasteiger partial charge in [0.25, 0.3) is 0 Å². The van der Waals surface area contributed by atoms with Crippen LogP contribution < -0.4 is 4.74 Å². The molecule has 1 aliphatic heterocycles. The molecule has 1 atom stereocenters. The van der Waals surface area contributed by atoms with Gasteiger partial charge in [0.05, 0.1) is 13.2 Å². The minimum absolute atomic E-state index is 0. The number of likely N-dealkylation sites (N-methyl/N-ethyl adjacent to an activating group) is 1. The van der Waals surface area contributed by atoms with E-state index < -0.39 is 0 Å². The van der Waals surface area contributed by atoms with Crippen LogP contribution in [0.4, 0.5) is 0 Å². The lowest BCUT2D eigenvalue weighted by Gasteiger charge is -2.39. The molecule has 0 N–H and O–H groups in total. The molecule has 1 aliphatic carbocycles. The van der Waals surface area contributed by atoms with Crippen LogP contribution in [0.5, 0.6) is 5.75 Å². The predicted molar refractivity (Wildman–Crippen MR) is 116 cm³/mol. The highest BCUT2D eigenvalue weighted by molar-refractivity contribution is 5.85. The first kappa shape index (κ1) is 22.0. The molecule has 0 radical (unpaired) electrons. The Morgan fingerprint density at radius 1 is 1.07 bits per heavy atom. The Morgan fingerprint density at radius 2 is 1.79 bits per heavy atom. The molecule has 0 amide bonds. The smallest absolute Gasteiger partial charge is 0.173 e. The summed E-state index contributed by atoms with van der Waals surface area (Å²) in [7, 11) is 1.75. The molecule has 2 aromatic rings. The van der Waals surface area contributed by atoms with E-state index in [0.717, 1.165) is 49.9 Å². The van der Waals surface area contributed by atoms with Crippen LogP contribution >= 0.6 is 12.4 Å². The number of hydrogen-bond acceptors (Lipinski definition) is 6. The number of aromatic nitrogens is 4. The third-order valence-electron chi connectivity index (χ3n) is 6.34. The van der Waals surface area contributed by atoms with Gasteiger partial charge in [0.15, 0.2) is 5.82 Å². The summed E-state index contributed by atoms with van der Waals surface area (Å²) in [6, 6.07) is 8.75. The molecule has 0 bridgehead atoms. The molecule has 29 heavy (non-hydrogen) atoms. The average Bonchev–Trinajstić information content (AvgIpc) is 3.25. The van der Waals surface area contributed by atoms with Crippen LogP contribution in [0, 0.1) is 0 Å². The second-order valence-electron chi connectivity index (χ2n) is 7.89. The minimum Gasteiger partial charge on any atom is -0.496 e. The SMILES string of the molecule is CCN1CCN(C(c2ccccc2OC)c2nnnn2C2CCCCC2)CC1.Cl. The molecule has 1 aromatic carbocycles. The second kappa shape index (κ2) is 10.4. The largest absolute Gasteiger partial charge is 0.496 e. The van der Waals surface area contributed by atoms with E-state index in [0.29, 0.717) is 6.04 Å². The first-order valence-electron chi connectivity index (χ1n) is 10.7. The van der Waals surface area contributed by atoms with Gasteiger partial charge in [-0.05, 0) is 35.9 Å². The topological polar surface area (TPSA) is 59.3 Å². The maximum atomic E-state index is 5.73. The summed E-state index contributed by atoms with van der Waals surface area (Å²) in [6.07, 6.45) is 6.18. The maximum absolute atomic E-state index is 5.73. The highest BCUT2D eigenvalue weighted by Gasteiger charge is 2.34. The van der Waals surface area contributed by atoms with E-state index in [1.807, 2.05) is 12.1 Å². The molecule has 0 spiro atoms. The molecule has 160 valence electrons. The Hall–Kier alpha value is -1.70. The van der Waals surface area contributed by atoms with Gasteiger partial charge in [-0.3, -0.25) is 4.90 Å². The Labute approximate surface area is 179 Å². The van der Waals surface area contributed by atoms with Gasteiger partial charge < -0.3 is 9.64 Å². The third kappa shape index (κ3) is 4.73. The molecular formula is C21H33ClN6O. The first-order valence-corrected chi connectivity index (χ1v) is 10.7. The molecule has 4 rings (SSSR count). The highest BCUT2D eigenvalue weighted by Crippen LogP contribution is 2.37. The number of hydrogen-bond donors (Lipinski definition) is 0. The summed E-state index contributed by atoms with van der Waals surface area (Å²) in [5.74, 6) is 1.87. The monoisotopic (exact) mass is 420 g/mol. The summed E-state index contributed by atoms with van der Waals surface area (Å²) < 4.78 is 7.84. The van der Waals surface area contributed by atoms with Gasteiger partial charge in [-0.1, -0.05) is 44.4 Å². The standard InChI is InChI=1S/C21H32N6O.ClH/c1-3-25-13-15-26(16-14-25)20(18-11-7-8-12-19(18)28-2)21-22-23-24-27(21)17-9-5-4-6-10-17;/h7-8,11-12,17,20H,3-6,9-10,13-16H2,1-2H3;1H. The van der Waals surface area contributed by atoms with Gasteiger partial charge in [-0.25, -0.2) is 4.68 Å². The Bertz CT molecular complexity index is 755. The van der Waals surface area contributed by atoms with Crippen molar-refractivity contribution in [3.05, 3.63) is 35.7 Å². The fourth-order valence-electron chi connectivity index (χ4n) is 4.70. The zero-order valence-electron chi connectivity index (χ0n) is 17.5. The number of benzene rings is 1. The highest BCUT2D eigenvalue weighted by atomic mass is 35.5. The lowest BCUT2D eigenvalue weighted by Crippen LogP contribution is -2.48. The van der Waals surface area contributed by atoms with Crippen molar-refractivity contribution in [2.24, 2.45) is 0 Å². The third-order valence-corrected chi connectivity index (χ3v) is 6.34. The summed E-state index contributed by atoms with van der Waals surface area (Å²) >= 11 is 0. The normalized spacial score (nSPS) is 20.2. The fraction of sp³-hybridized carbons (Fsp3) is 0.667. The van der Waals surface area contributed by atoms with Gasteiger partial charge in [0.2, 0.25) is 0 Å². The molecule has 7 nitrogen and oxygen atoms in total. The lowest BCUT2D eigenvalue weighted by molar-refractivity contribution is 0.106. The zero-order chi connectivity index (χ0) is 19.3. The molecule has 8 heteroatoms. The van der Waals surface area contributed by atoms with Crippen LogP contribution in [0.2, 0.25) is 0 Å². The van der Waals surface area contributed by atoms with Crippen molar-refractivity contribution in [3.8, 4) is 5.75 Å². The first-order chi connectivity index (χ1) is 13.8. The molecule has 2 aliphatic rings.